The number of carbonyl (C=O) groups is 1. The van der Waals surface area contributed by atoms with E-state index in [1.54, 1.807) is 6.33 Å². The van der Waals surface area contributed by atoms with Gasteiger partial charge < -0.3 is 9.80 Å². The van der Waals surface area contributed by atoms with Crippen LogP contribution in [0.4, 0.5) is 4.79 Å². The Morgan fingerprint density at radius 1 is 1.40 bits per heavy atom. The molecule has 1 saturated carbocycles. The second kappa shape index (κ2) is 4.28. The Bertz CT molecular complexity index is 537. The highest BCUT2D eigenvalue weighted by atomic mass is 16.2. The first kappa shape index (κ1) is 12.3. The maximum Gasteiger partial charge on any atom is 0.346 e. The normalized spacial score (nSPS) is 29.9. The van der Waals surface area contributed by atoms with Gasteiger partial charge in [-0.3, -0.25) is 0 Å². The van der Waals surface area contributed by atoms with Crippen LogP contribution in [0.1, 0.15) is 44.3 Å². The van der Waals surface area contributed by atoms with Crippen LogP contribution in [0.2, 0.25) is 0 Å². The zero-order valence-electron chi connectivity index (χ0n) is 12.0. The van der Waals surface area contributed by atoms with E-state index in [2.05, 4.69) is 21.9 Å². The Morgan fingerprint density at radius 2 is 2.20 bits per heavy atom. The molecule has 3 aliphatic rings. The molecule has 2 saturated heterocycles. The molecule has 108 valence electrons. The molecule has 20 heavy (non-hydrogen) atoms. The summed E-state index contributed by atoms with van der Waals surface area (Å²) in [5, 5.41) is 4.37. The van der Waals surface area contributed by atoms with Gasteiger partial charge in [0.05, 0.1) is 5.54 Å². The van der Waals surface area contributed by atoms with Crippen LogP contribution in [-0.4, -0.2) is 62.3 Å². The van der Waals surface area contributed by atoms with Crippen LogP contribution >= 0.6 is 0 Å². The summed E-state index contributed by atoms with van der Waals surface area (Å²) < 4.78 is 1.45. The lowest BCUT2D eigenvalue weighted by Gasteiger charge is -2.50. The summed E-state index contributed by atoms with van der Waals surface area (Å²) in [6, 6.07) is 0.00797. The van der Waals surface area contributed by atoms with Gasteiger partial charge in [-0.2, -0.15) is 4.68 Å². The largest absolute Gasteiger partial charge is 0.346 e. The molecule has 1 amide bonds. The molecule has 1 spiro atoms. The fraction of sp³-hybridized carbons (Fsp3) is 0.786. The third kappa shape index (κ3) is 1.78. The standard InChI is InChI=1S/C14H21N5O/c1-2-17-7-5-14(9-17)6-8-18(14)13(20)19-10-15-12(16-19)11-3-4-11/h10-11H,2-9H2,1H3. The van der Waals surface area contributed by atoms with Crippen LogP contribution in [0.3, 0.4) is 0 Å². The molecule has 0 radical (unpaired) electrons. The highest BCUT2D eigenvalue weighted by molar-refractivity contribution is 5.77. The van der Waals surface area contributed by atoms with Crippen molar-refractivity contribution >= 4 is 6.03 Å². The molecule has 3 heterocycles. The average Bonchev–Trinajstić information content (AvgIpc) is 3.01. The molecule has 1 aromatic rings. The van der Waals surface area contributed by atoms with E-state index in [4.69, 9.17) is 0 Å². The van der Waals surface area contributed by atoms with Crippen molar-refractivity contribution in [3.63, 3.8) is 0 Å². The van der Waals surface area contributed by atoms with E-state index < -0.39 is 0 Å². The lowest BCUT2D eigenvalue weighted by Crippen LogP contribution is -2.64. The molecule has 4 rings (SSSR count). The van der Waals surface area contributed by atoms with Crippen LogP contribution < -0.4 is 0 Å². The zero-order valence-corrected chi connectivity index (χ0v) is 12.0. The molecule has 1 unspecified atom stereocenters. The van der Waals surface area contributed by atoms with Gasteiger partial charge >= 0.3 is 6.03 Å². The van der Waals surface area contributed by atoms with Crippen LogP contribution in [0.15, 0.2) is 6.33 Å². The molecule has 1 atom stereocenters. The fourth-order valence-electron chi connectivity index (χ4n) is 3.49. The van der Waals surface area contributed by atoms with Crippen LogP contribution in [-0.2, 0) is 0 Å². The quantitative estimate of drug-likeness (QED) is 0.816. The second-order valence-electron chi connectivity index (χ2n) is 6.35. The van der Waals surface area contributed by atoms with Crippen LogP contribution in [0.25, 0.3) is 0 Å². The van der Waals surface area contributed by atoms with Gasteiger partial charge in [-0.15, -0.1) is 5.10 Å². The third-order valence-electron chi connectivity index (χ3n) is 5.11. The minimum atomic E-state index is 0.00797. The number of aromatic nitrogens is 3. The summed E-state index contributed by atoms with van der Waals surface area (Å²) in [5.41, 5.74) is 0.0682. The Labute approximate surface area is 118 Å². The van der Waals surface area contributed by atoms with Crippen molar-refractivity contribution in [3.05, 3.63) is 12.2 Å². The maximum atomic E-state index is 12.6. The van der Waals surface area contributed by atoms with Gasteiger partial charge in [0.25, 0.3) is 0 Å². The number of likely N-dealkylation sites (tertiary alicyclic amines) is 2. The van der Waals surface area contributed by atoms with Gasteiger partial charge in [0.1, 0.15) is 6.33 Å². The molecule has 3 fully saturated rings. The summed E-state index contributed by atoms with van der Waals surface area (Å²) in [6.07, 6.45) is 6.14. The van der Waals surface area contributed by atoms with Gasteiger partial charge in [0.15, 0.2) is 5.82 Å². The van der Waals surface area contributed by atoms with Crippen molar-refractivity contribution in [2.75, 3.05) is 26.2 Å². The molecule has 1 aromatic heterocycles. The number of hydrogen-bond acceptors (Lipinski definition) is 4. The highest BCUT2D eigenvalue weighted by Gasteiger charge is 2.51. The SMILES string of the molecule is CCN1CCC2(CCN2C(=O)n2cnc(C3CC3)n2)C1. The van der Waals surface area contributed by atoms with E-state index in [0.29, 0.717) is 5.92 Å². The van der Waals surface area contributed by atoms with Crippen molar-refractivity contribution in [1.82, 2.24) is 24.6 Å². The molecule has 1 aliphatic carbocycles. The third-order valence-corrected chi connectivity index (χ3v) is 5.11. The predicted molar refractivity (Wildman–Crippen MR) is 73.6 cm³/mol. The lowest BCUT2D eigenvalue weighted by molar-refractivity contribution is 0.0303. The Kier molecular flexibility index (Phi) is 2.64. The number of rotatable bonds is 2. The van der Waals surface area contributed by atoms with Crippen LogP contribution in [0, 0.1) is 0 Å². The van der Waals surface area contributed by atoms with Crippen molar-refractivity contribution in [3.8, 4) is 0 Å². The van der Waals surface area contributed by atoms with E-state index in [1.807, 2.05) is 4.90 Å². The topological polar surface area (TPSA) is 54.3 Å². The predicted octanol–water partition coefficient (Wildman–Crippen LogP) is 1.29. The Balaban J connectivity index is 1.50. The monoisotopic (exact) mass is 275 g/mol. The van der Waals surface area contributed by atoms with Gasteiger partial charge in [0, 0.05) is 25.6 Å². The first-order chi connectivity index (χ1) is 9.72. The van der Waals surface area contributed by atoms with Crippen LogP contribution in [0.5, 0.6) is 0 Å². The van der Waals surface area contributed by atoms with E-state index >= 15 is 0 Å². The smallest absolute Gasteiger partial charge is 0.316 e. The maximum absolute atomic E-state index is 12.6. The molecule has 6 nitrogen and oxygen atoms in total. The molecular formula is C14H21N5O. The molecule has 0 aromatic carbocycles. The molecular weight excluding hydrogens is 254 g/mol. The van der Waals surface area contributed by atoms with Crippen molar-refractivity contribution in [1.29, 1.82) is 0 Å². The number of hydrogen-bond donors (Lipinski definition) is 0. The van der Waals surface area contributed by atoms with Crippen molar-refractivity contribution in [2.24, 2.45) is 0 Å². The van der Waals surface area contributed by atoms with Gasteiger partial charge in [-0.25, -0.2) is 9.78 Å². The van der Waals surface area contributed by atoms with E-state index in [1.165, 1.54) is 4.68 Å². The highest BCUT2D eigenvalue weighted by Crippen LogP contribution is 2.40. The number of nitrogens with zero attached hydrogens (tertiary/aromatic N) is 5. The van der Waals surface area contributed by atoms with Crippen molar-refractivity contribution < 1.29 is 4.79 Å². The lowest BCUT2D eigenvalue weighted by atomic mass is 9.84. The fourth-order valence-corrected chi connectivity index (χ4v) is 3.49. The van der Waals surface area contributed by atoms with Gasteiger partial charge in [0.2, 0.25) is 0 Å². The van der Waals surface area contributed by atoms with E-state index in [0.717, 1.165) is 57.7 Å². The summed E-state index contributed by atoms with van der Waals surface area (Å²) >= 11 is 0. The average molecular weight is 275 g/mol. The summed E-state index contributed by atoms with van der Waals surface area (Å²) in [7, 11) is 0. The van der Waals surface area contributed by atoms with E-state index in [-0.39, 0.29) is 11.6 Å². The second-order valence-corrected chi connectivity index (χ2v) is 6.35. The first-order valence-corrected chi connectivity index (χ1v) is 7.68. The summed E-state index contributed by atoms with van der Waals surface area (Å²) in [4.78, 5) is 21.3. The Hall–Kier alpha value is -1.43. The summed E-state index contributed by atoms with van der Waals surface area (Å²) in [6.45, 7) is 6.22. The zero-order chi connectivity index (χ0) is 13.7. The minimum absolute atomic E-state index is 0.00797. The molecule has 2 aliphatic heterocycles. The van der Waals surface area contributed by atoms with Gasteiger partial charge in [-0.05, 0) is 32.2 Å². The summed E-state index contributed by atoms with van der Waals surface area (Å²) in [5.74, 6) is 1.34. The van der Waals surface area contributed by atoms with Crippen molar-refractivity contribution in [2.45, 2.75) is 44.1 Å². The molecule has 0 bridgehead atoms. The van der Waals surface area contributed by atoms with E-state index in [9.17, 15) is 4.79 Å². The minimum Gasteiger partial charge on any atom is -0.316 e. The van der Waals surface area contributed by atoms with Gasteiger partial charge in [-0.1, -0.05) is 6.92 Å². The number of amides is 1. The number of likely N-dealkylation sites (N-methyl/N-ethyl adjacent to an activating group) is 1. The first-order valence-electron chi connectivity index (χ1n) is 7.68. The number of carbonyl (C=O) groups excluding carboxylic acids is 1. The molecule has 6 heteroatoms. The molecule has 0 N–H and O–H groups in total. The Morgan fingerprint density at radius 3 is 2.80 bits per heavy atom.